The third-order valence-corrected chi connectivity index (χ3v) is 4.11. The summed E-state index contributed by atoms with van der Waals surface area (Å²) in [6, 6.07) is 10.3. The number of halogens is 2. The van der Waals surface area contributed by atoms with Crippen LogP contribution < -0.4 is 5.32 Å². The number of hydrogen-bond donors (Lipinski definition) is 2. The van der Waals surface area contributed by atoms with E-state index >= 15 is 0 Å². The molecule has 0 bridgehead atoms. The van der Waals surface area contributed by atoms with E-state index in [1.54, 1.807) is 24.3 Å². The van der Waals surface area contributed by atoms with Crippen LogP contribution in [0.5, 0.6) is 0 Å². The van der Waals surface area contributed by atoms with Gasteiger partial charge in [0.25, 0.3) is 5.91 Å². The molecular formula is C16H11BrFNO3. The van der Waals surface area contributed by atoms with Crippen molar-refractivity contribution in [1.82, 2.24) is 0 Å². The second-order valence-electron chi connectivity index (χ2n) is 5.11. The molecule has 0 radical (unpaired) electrons. The zero-order chi connectivity index (χ0) is 15.9. The molecule has 22 heavy (non-hydrogen) atoms. The Morgan fingerprint density at radius 3 is 2.77 bits per heavy atom. The lowest BCUT2D eigenvalue weighted by Crippen LogP contribution is -2.36. The van der Waals surface area contributed by atoms with E-state index < -0.39 is 29.5 Å². The molecule has 1 amide bonds. The second kappa shape index (κ2) is 5.30. The van der Waals surface area contributed by atoms with Crippen LogP contribution in [0.25, 0.3) is 0 Å². The second-order valence-corrected chi connectivity index (χ2v) is 6.03. The first-order valence-electron chi connectivity index (χ1n) is 6.53. The highest BCUT2D eigenvalue weighted by molar-refractivity contribution is 9.10. The van der Waals surface area contributed by atoms with Crippen molar-refractivity contribution < 1.29 is 19.1 Å². The SMILES string of the molecule is O=C(C[C@@]1(O)C(=O)Nc2ccc(F)cc21)c1cccc(Br)c1. The minimum atomic E-state index is -2.06. The predicted molar refractivity (Wildman–Crippen MR) is 82.0 cm³/mol. The van der Waals surface area contributed by atoms with Crippen molar-refractivity contribution in [3.05, 3.63) is 63.9 Å². The lowest BCUT2D eigenvalue weighted by molar-refractivity contribution is -0.133. The molecule has 0 saturated heterocycles. The molecule has 2 N–H and O–H groups in total. The normalized spacial score (nSPS) is 19.7. The molecule has 6 heteroatoms. The van der Waals surface area contributed by atoms with E-state index in [1.807, 2.05) is 0 Å². The fourth-order valence-corrected chi connectivity index (χ4v) is 2.89. The molecule has 1 aliphatic heterocycles. The minimum absolute atomic E-state index is 0.0841. The number of hydrogen-bond acceptors (Lipinski definition) is 3. The summed E-state index contributed by atoms with van der Waals surface area (Å²) in [6.45, 7) is 0. The molecule has 1 atom stereocenters. The third-order valence-electron chi connectivity index (χ3n) is 3.61. The number of carbonyl (C=O) groups is 2. The number of rotatable bonds is 3. The van der Waals surface area contributed by atoms with Crippen molar-refractivity contribution in [3.8, 4) is 0 Å². The molecular weight excluding hydrogens is 353 g/mol. The van der Waals surface area contributed by atoms with Gasteiger partial charge in [-0.15, -0.1) is 0 Å². The van der Waals surface area contributed by atoms with Crippen molar-refractivity contribution >= 4 is 33.3 Å². The van der Waals surface area contributed by atoms with Crippen LogP contribution in [0.4, 0.5) is 10.1 Å². The van der Waals surface area contributed by atoms with Crippen molar-refractivity contribution in [2.75, 3.05) is 5.32 Å². The zero-order valence-electron chi connectivity index (χ0n) is 11.3. The largest absolute Gasteiger partial charge is 0.375 e. The number of amides is 1. The number of anilines is 1. The maximum absolute atomic E-state index is 13.4. The van der Waals surface area contributed by atoms with Gasteiger partial charge in [0.15, 0.2) is 11.4 Å². The number of Topliss-reactive ketones (excluding diaryl/α,β-unsaturated/α-hetero) is 1. The highest BCUT2D eigenvalue weighted by Crippen LogP contribution is 2.39. The summed E-state index contributed by atoms with van der Waals surface area (Å²) in [5.74, 6) is -1.71. The van der Waals surface area contributed by atoms with Gasteiger partial charge >= 0.3 is 0 Å². The van der Waals surface area contributed by atoms with Crippen LogP contribution in [-0.2, 0) is 10.4 Å². The Morgan fingerprint density at radius 1 is 1.27 bits per heavy atom. The first-order chi connectivity index (χ1) is 10.4. The van der Waals surface area contributed by atoms with Crippen LogP contribution in [0.3, 0.4) is 0 Å². The fraction of sp³-hybridized carbons (Fsp3) is 0.125. The van der Waals surface area contributed by atoms with E-state index in [2.05, 4.69) is 21.2 Å². The van der Waals surface area contributed by atoms with Gasteiger partial charge in [-0.3, -0.25) is 9.59 Å². The monoisotopic (exact) mass is 363 g/mol. The summed E-state index contributed by atoms with van der Waals surface area (Å²) in [5.41, 5.74) is -1.30. The minimum Gasteiger partial charge on any atom is -0.375 e. The molecule has 0 spiro atoms. The van der Waals surface area contributed by atoms with Gasteiger partial charge in [-0.25, -0.2) is 4.39 Å². The zero-order valence-corrected chi connectivity index (χ0v) is 12.9. The van der Waals surface area contributed by atoms with Gasteiger partial charge in [-0.1, -0.05) is 28.1 Å². The van der Waals surface area contributed by atoms with Crippen LogP contribution in [0.1, 0.15) is 22.3 Å². The highest BCUT2D eigenvalue weighted by Gasteiger charge is 2.47. The van der Waals surface area contributed by atoms with Gasteiger partial charge in [0.1, 0.15) is 5.82 Å². The molecule has 0 aliphatic carbocycles. The van der Waals surface area contributed by atoms with E-state index in [9.17, 15) is 19.1 Å². The molecule has 3 rings (SSSR count). The van der Waals surface area contributed by atoms with Crippen LogP contribution in [0.15, 0.2) is 46.9 Å². The molecule has 0 saturated carbocycles. The first-order valence-corrected chi connectivity index (χ1v) is 7.32. The van der Waals surface area contributed by atoms with Crippen LogP contribution >= 0.6 is 15.9 Å². The Hall–Kier alpha value is -2.05. The molecule has 1 heterocycles. The summed E-state index contributed by atoms with van der Waals surface area (Å²) in [6.07, 6.45) is -0.453. The number of nitrogens with one attached hydrogen (secondary N) is 1. The van der Waals surface area contributed by atoms with Gasteiger partial charge in [0.2, 0.25) is 0 Å². The maximum Gasteiger partial charge on any atom is 0.261 e. The van der Waals surface area contributed by atoms with Crippen LogP contribution in [0, 0.1) is 5.82 Å². The number of fused-ring (bicyclic) bond motifs is 1. The maximum atomic E-state index is 13.4. The molecule has 0 fully saturated rings. The Balaban J connectivity index is 1.96. The Labute approximate surface area is 134 Å². The van der Waals surface area contributed by atoms with E-state index in [1.165, 1.54) is 12.1 Å². The van der Waals surface area contributed by atoms with Crippen LogP contribution in [0.2, 0.25) is 0 Å². The van der Waals surface area contributed by atoms with Gasteiger partial charge in [-0.2, -0.15) is 0 Å². The smallest absolute Gasteiger partial charge is 0.261 e. The molecule has 1 aliphatic rings. The quantitative estimate of drug-likeness (QED) is 0.823. The summed E-state index contributed by atoms with van der Waals surface area (Å²) in [7, 11) is 0. The lowest BCUT2D eigenvalue weighted by atomic mass is 9.88. The highest BCUT2D eigenvalue weighted by atomic mass is 79.9. The molecule has 2 aromatic rings. The third kappa shape index (κ3) is 2.44. The molecule has 4 nitrogen and oxygen atoms in total. The Bertz CT molecular complexity index is 793. The summed E-state index contributed by atoms with van der Waals surface area (Å²) < 4.78 is 14.1. The van der Waals surface area contributed by atoms with Crippen LogP contribution in [-0.4, -0.2) is 16.8 Å². The fourth-order valence-electron chi connectivity index (χ4n) is 2.49. The molecule has 112 valence electrons. The standard InChI is InChI=1S/C16H11BrFNO3/c17-10-3-1-2-9(6-10)14(20)8-16(22)12-7-11(18)4-5-13(12)19-15(16)21/h1-7,22H,8H2,(H,19,21)/t16-/m0/s1. The van der Waals surface area contributed by atoms with Gasteiger partial charge in [-0.05, 0) is 30.3 Å². The van der Waals surface area contributed by atoms with E-state index in [0.717, 1.165) is 6.07 Å². The van der Waals surface area contributed by atoms with E-state index in [-0.39, 0.29) is 5.56 Å². The van der Waals surface area contributed by atoms with Gasteiger partial charge < -0.3 is 10.4 Å². The van der Waals surface area contributed by atoms with Crippen molar-refractivity contribution in [2.24, 2.45) is 0 Å². The van der Waals surface area contributed by atoms with Crippen molar-refractivity contribution in [1.29, 1.82) is 0 Å². The van der Waals surface area contributed by atoms with Gasteiger partial charge in [0.05, 0.1) is 6.42 Å². The molecule has 0 unspecified atom stereocenters. The Morgan fingerprint density at radius 2 is 2.05 bits per heavy atom. The van der Waals surface area contributed by atoms with Gasteiger partial charge in [0, 0.05) is 21.3 Å². The predicted octanol–water partition coefficient (Wildman–Crippen LogP) is 3.00. The number of benzene rings is 2. The summed E-state index contributed by atoms with van der Waals surface area (Å²) >= 11 is 3.26. The number of carbonyl (C=O) groups excluding carboxylic acids is 2. The average Bonchev–Trinajstić information content (AvgIpc) is 2.71. The van der Waals surface area contributed by atoms with Crippen molar-refractivity contribution in [2.45, 2.75) is 12.0 Å². The van der Waals surface area contributed by atoms with E-state index in [4.69, 9.17) is 0 Å². The Kier molecular flexibility index (Phi) is 3.58. The average molecular weight is 364 g/mol. The number of aliphatic hydroxyl groups is 1. The number of ketones is 1. The van der Waals surface area contributed by atoms with Crippen molar-refractivity contribution in [3.63, 3.8) is 0 Å². The lowest BCUT2D eigenvalue weighted by Gasteiger charge is -2.20. The topological polar surface area (TPSA) is 66.4 Å². The summed E-state index contributed by atoms with van der Waals surface area (Å²) in [5, 5.41) is 13.1. The molecule has 0 aromatic heterocycles. The summed E-state index contributed by atoms with van der Waals surface area (Å²) in [4.78, 5) is 24.4. The first kappa shape index (κ1) is 14.9. The molecule has 2 aromatic carbocycles. The van der Waals surface area contributed by atoms with E-state index in [0.29, 0.717) is 15.7 Å².